The van der Waals surface area contributed by atoms with E-state index in [9.17, 15) is 9.18 Å². The number of pyridine rings is 1. The molecule has 0 spiro atoms. The fraction of sp³-hybridized carbons (Fsp3) is 0.400. The van der Waals surface area contributed by atoms with Crippen molar-refractivity contribution in [3.05, 3.63) is 65.7 Å². The van der Waals surface area contributed by atoms with Gasteiger partial charge in [0, 0.05) is 30.9 Å². The minimum Gasteiger partial charge on any atom is -0.339 e. The second-order valence-electron chi connectivity index (χ2n) is 6.67. The lowest BCUT2D eigenvalue weighted by atomic mass is 9.95. The lowest BCUT2D eigenvalue weighted by Gasteiger charge is -2.32. The normalized spacial score (nSPS) is 16.6. The van der Waals surface area contributed by atoms with Gasteiger partial charge in [0.1, 0.15) is 5.82 Å². The molecule has 1 aromatic heterocycles. The molecule has 5 heteroatoms. The van der Waals surface area contributed by atoms with Crippen molar-refractivity contribution in [2.75, 3.05) is 19.6 Å². The van der Waals surface area contributed by atoms with Crippen LogP contribution in [0.25, 0.3) is 0 Å². The summed E-state index contributed by atoms with van der Waals surface area (Å²) in [5.41, 5.74) is 1.61. The Balaban J connectivity index is 1.46. The Bertz CT molecular complexity index is 699. The molecule has 2 aromatic rings. The molecule has 1 amide bonds. The Labute approximate surface area is 148 Å². The Morgan fingerprint density at radius 2 is 2.00 bits per heavy atom. The molecule has 1 aromatic carbocycles. The van der Waals surface area contributed by atoms with E-state index >= 15 is 0 Å². The fourth-order valence-electron chi connectivity index (χ4n) is 3.23. The number of carbonyl (C=O) groups excluding carboxylic acids is 1. The molecule has 3 rings (SSSR count). The molecule has 0 saturated carbocycles. The van der Waals surface area contributed by atoms with E-state index in [0.29, 0.717) is 5.92 Å². The monoisotopic (exact) mass is 341 g/mol. The first-order chi connectivity index (χ1) is 12.1. The summed E-state index contributed by atoms with van der Waals surface area (Å²) in [5.74, 6) is 0.342. The van der Waals surface area contributed by atoms with E-state index in [1.165, 1.54) is 12.3 Å². The maximum absolute atomic E-state index is 13.3. The highest BCUT2D eigenvalue weighted by molar-refractivity contribution is 5.94. The molecule has 1 aliphatic heterocycles. The predicted octanol–water partition coefficient (Wildman–Crippen LogP) is 3.42. The van der Waals surface area contributed by atoms with Crippen LogP contribution in [0.1, 0.15) is 41.7 Å². The Morgan fingerprint density at radius 3 is 2.68 bits per heavy atom. The van der Waals surface area contributed by atoms with Gasteiger partial charge in [0.15, 0.2) is 0 Å². The third kappa shape index (κ3) is 4.63. The molecule has 1 N–H and O–H groups in total. The van der Waals surface area contributed by atoms with Crippen molar-refractivity contribution >= 4 is 5.91 Å². The van der Waals surface area contributed by atoms with Crippen LogP contribution in [0.4, 0.5) is 4.39 Å². The number of nitrogens with one attached hydrogen (secondary N) is 1. The second kappa shape index (κ2) is 8.21. The van der Waals surface area contributed by atoms with Gasteiger partial charge in [-0.15, -0.1) is 0 Å². The highest BCUT2D eigenvalue weighted by Gasteiger charge is 2.23. The zero-order valence-corrected chi connectivity index (χ0v) is 14.5. The third-order valence-electron chi connectivity index (χ3n) is 4.86. The topological polar surface area (TPSA) is 45.2 Å². The summed E-state index contributed by atoms with van der Waals surface area (Å²) in [4.78, 5) is 18.3. The number of piperidine rings is 1. The predicted molar refractivity (Wildman–Crippen MR) is 95.7 cm³/mol. The number of hydrogen-bond donors (Lipinski definition) is 1. The minimum absolute atomic E-state index is 0.0622. The van der Waals surface area contributed by atoms with Crippen LogP contribution in [-0.4, -0.2) is 35.4 Å². The van der Waals surface area contributed by atoms with E-state index in [2.05, 4.69) is 10.3 Å². The smallest absolute Gasteiger partial charge is 0.253 e. The van der Waals surface area contributed by atoms with Crippen LogP contribution >= 0.6 is 0 Å². The van der Waals surface area contributed by atoms with Crippen molar-refractivity contribution in [3.63, 3.8) is 0 Å². The van der Waals surface area contributed by atoms with Gasteiger partial charge < -0.3 is 10.2 Å². The number of halogens is 1. The molecule has 0 aliphatic carbocycles. The summed E-state index contributed by atoms with van der Waals surface area (Å²) >= 11 is 0. The van der Waals surface area contributed by atoms with Gasteiger partial charge in [-0.2, -0.15) is 0 Å². The van der Waals surface area contributed by atoms with Crippen LogP contribution in [0.3, 0.4) is 0 Å². The zero-order chi connectivity index (χ0) is 17.6. The van der Waals surface area contributed by atoms with Gasteiger partial charge >= 0.3 is 0 Å². The van der Waals surface area contributed by atoms with Crippen LogP contribution in [0.15, 0.2) is 48.8 Å². The lowest BCUT2D eigenvalue weighted by molar-refractivity contribution is 0.0689. The highest BCUT2D eigenvalue weighted by Crippen LogP contribution is 2.20. The average molecular weight is 341 g/mol. The first-order valence-corrected chi connectivity index (χ1v) is 8.81. The van der Waals surface area contributed by atoms with Gasteiger partial charge in [0.25, 0.3) is 5.91 Å². The van der Waals surface area contributed by atoms with E-state index < -0.39 is 0 Å². The quantitative estimate of drug-likeness (QED) is 0.906. The number of likely N-dealkylation sites (tertiary alicyclic amines) is 1. The minimum atomic E-state index is -0.307. The molecule has 1 aliphatic rings. The van der Waals surface area contributed by atoms with Crippen molar-refractivity contribution in [3.8, 4) is 0 Å². The molecule has 1 unspecified atom stereocenters. The van der Waals surface area contributed by atoms with Gasteiger partial charge in [0.2, 0.25) is 0 Å². The first kappa shape index (κ1) is 17.5. The number of benzene rings is 1. The van der Waals surface area contributed by atoms with Crippen molar-refractivity contribution in [1.82, 2.24) is 15.2 Å². The lowest BCUT2D eigenvalue weighted by Crippen LogP contribution is -2.41. The van der Waals surface area contributed by atoms with E-state index in [4.69, 9.17) is 0 Å². The van der Waals surface area contributed by atoms with Crippen molar-refractivity contribution in [2.45, 2.75) is 25.8 Å². The number of nitrogens with zero attached hydrogens (tertiary/aromatic N) is 2. The molecule has 0 radical (unpaired) electrons. The van der Waals surface area contributed by atoms with Crippen molar-refractivity contribution in [1.29, 1.82) is 0 Å². The standard InChI is InChI=1S/C20H24FN3O/c1-15(18-11-19(21)14-22-13-18)23-12-16-7-9-24(10-8-16)20(25)17-5-3-2-4-6-17/h2-6,11,13-16,23H,7-10,12H2,1H3. The summed E-state index contributed by atoms with van der Waals surface area (Å²) in [7, 11) is 0. The maximum Gasteiger partial charge on any atom is 0.253 e. The van der Waals surface area contributed by atoms with Gasteiger partial charge in [-0.1, -0.05) is 18.2 Å². The summed E-state index contributed by atoms with van der Waals surface area (Å²) in [6.45, 7) is 4.46. The van der Waals surface area contributed by atoms with E-state index in [0.717, 1.165) is 43.6 Å². The Morgan fingerprint density at radius 1 is 1.28 bits per heavy atom. The van der Waals surface area contributed by atoms with E-state index in [1.54, 1.807) is 6.20 Å². The van der Waals surface area contributed by atoms with Gasteiger partial charge in [-0.3, -0.25) is 9.78 Å². The summed E-state index contributed by atoms with van der Waals surface area (Å²) in [5, 5.41) is 3.46. The van der Waals surface area contributed by atoms with Crippen LogP contribution in [0, 0.1) is 11.7 Å². The van der Waals surface area contributed by atoms with Gasteiger partial charge in [0.05, 0.1) is 6.20 Å². The summed E-state index contributed by atoms with van der Waals surface area (Å²) in [6.07, 6.45) is 4.89. The molecule has 1 saturated heterocycles. The Kier molecular flexibility index (Phi) is 5.76. The largest absolute Gasteiger partial charge is 0.339 e. The highest BCUT2D eigenvalue weighted by atomic mass is 19.1. The first-order valence-electron chi connectivity index (χ1n) is 8.81. The zero-order valence-electron chi connectivity index (χ0n) is 14.5. The third-order valence-corrected chi connectivity index (χ3v) is 4.86. The molecule has 1 fully saturated rings. The molecule has 4 nitrogen and oxygen atoms in total. The Hall–Kier alpha value is -2.27. The fourth-order valence-corrected chi connectivity index (χ4v) is 3.23. The van der Waals surface area contributed by atoms with Gasteiger partial charge in [-0.05, 0) is 56.0 Å². The molecule has 0 bridgehead atoms. The van der Waals surface area contributed by atoms with Crippen molar-refractivity contribution in [2.24, 2.45) is 5.92 Å². The van der Waals surface area contributed by atoms with Gasteiger partial charge in [-0.25, -0.2) is 4.39 Å². The number of amides is 1. The van der Waals surface area contributed by atoms with Crippen molar-refractivity contribution < 1.29 is 9.18 Å². The molecule has 1 atom stereocenters. The van der Waals surface area contributed by atoms with Crippen LogP contribution < -0.4 is 5.32 Å². The molecule has 25 heavy (non-hydrogen) atoms. The van der Waals surface area contributed by atoms with E-state index in [-0.39, 0.29) is 17.8 Å². The van der Waals surface area contributed by atoms with Crippen LogP contribution in [0.5, 0.6) is 0 Å². The SMILES string of the molecule is CC(NCC1CCN(C(=O)c2ccccc2)CC1)c1cncc(F)c1. The van der Waals surface area contributed by atoms with Crippen LogP contribution in [0.2, 0.25) is 0 Å². The second-order valence-corrected chi connectivity index (χ2v) is 6.67. The number of aromatic nitrogens is 1. The van der Waals surface area contributed by atoms with E-state index in [1.807, 2.05) is 42.2 Å². The molecular weight excluding hydrogens is 317 g/mol. The molecule has 132 valence electrons. The number of carbonyl (C=O) groups is 1. The summed E-state index contributed by atoms with van der Waals surface area (Å²) < 4.78 is 13.3. The maximum atomic E-state index is 13.3. The molecular formula is C20H24FN3O. The summed E-state index contributed by atoms with van der Waals surface area (Å²) in [6, 6.07) is 11.0. The average Bonchev–Trinajstić information content (AvgIpc) is 2.66. The molecule has 2 heterocycles. The number of hydrogen-bond acceptors (Lipinski definition) is 3. The van der Waals surface area contributed by atoms with Crippen LogP contribution in [-0.2, 0) is 0 Å². The number of rotatable bonds is 5.